The number of benzene rings is 3. The predicted octanol–water partition coefficient (Wildman–Crippen LogP) is 5.84. The van der Waals surface area contributed by atoms with Gasteiger partial charge in [-0.1, -0.05) is 66.4 Å². The number of nitrogens with zero attached hydrogens (tertiary/aromatic N) is 2. The topological polar surface area (TPSA) is 96.0 Å². The molecular weight excluding hydrogens is 585 g/mol. The van der Waals surface area contributed by atoms with Crippen LogP contribution < -0.4 is 14.4 Å². The van der Waals surface area contributed by atoms with Crippen molar-refractivity contribution in [3.63, 3.8) is 0 Å². The number of methoxy groups -OCH3 is 1. The zero-order valence-electron chi connectivity index (χ0n) is 23.6. The molecular formula is C30H35Cl2N3O5S. The zero-order valence-corrected chi connectivity index (χ0v) is 25.9. The van der Waals surface area contributed by atoms with Crippen LogP contribution in [0.5, 0.6) is 5.75 Å². The van der Waals surface area contributed by atoms with E-state index in [0.29, 0.717) is 11.6 Å². The standard InChI is InChI=1S/C30H35Cl2N3O5S/c1-5-6-17-33-30(37)22(3)34(19-23-9-11-24(31)12-10-23)29(36)20-35(27-18-25(32)13-16-28(27)40-4)41(38,39)26-14-7-21(2)8-15-26/h7-16,18,22H,5-6,17,19-20H2,1-4H3,(H,33,37)/t22-/m0/s1. The lowest BCUT2D eigenvalue weighted by molar-refractivity contribution is -0.139. The molecule has 0 aliphatic heterocycles. The molecule has 0 bridgehead atoms. The van der Waals surface area contributed by atoms with Gasteiger partial charge in [-0.05, 0) is 68.3 Å². The number of carbonyl (C=O) groups excluding carboxylic acids is 2. The highest BCUT2D eigenvalue weighted by Crippen LogP contribution is 2.35. The summed E-state index contributed by atoms with van der Waals surface area (Å²) in [5.41, 5.74) is 1.70. The van der Waals surface area contributed by atoms with Gasteiger partial charge in [-0.3, -0.25) is 13.9 Å². The van der Waals surface area contributed by atoms with E-state index in [1.807, 2.05) is 13.8 Å². The summed E-state index contributed by atoms with van der Waals surface area (Å²) in [6.45, 7) is 5.40. The number of ether oxygens (including phenoxy) is 1. The van der Waals surface area contributed by atoms with Crippen LogP contribution in [0.1, 0.15) is 37.8 Å². The number of rotatable bonds is 13. The summed E-state index contributed by atoms with van der Waals surface area (Å²) >= 11 is 12.3. The van der Waals surface area contributed by atoms with Gasteiger partial charge < -0.3 is 15.0 Å². The SMILES string of the molecule is CCCCNC(=O)[C@H](C)N(Cc1ccc(Cl)cc1)C(=O)CN(c1cc(Cl)ccc1OC)S(=O)(=O)c1ccc(C)cc1. The Morgan fingerprint density at radius 1 is 0.976 bits per heavy atom. The van der Waals surface area contributed by atoms with E-state index in [-0.39, 0.29) is 33.8 Å². The summed E-state index contributed by atoms with van der Waals surface area (Å²) in [5, 5.41) is 3.65. The molecule has 3 aromatic carbocycles. The zero-order chi connectivity index (χ0) is 30.2. The summed E-state index contributed by atoms with van der Waals surface area (Å²) in [4.78, 5) is 28.4. The molecule has 0 radical (unpaired) electrons. The Morgan fingerprint density at radius 3 is 2.22 bits per heavy atom. The van der Waals surface area contributed by atoms with E-state index in [2.05, 4.69) is 5.32 Å². The number of nitrogens with one attached hydrogen (secondary N) is 1. The molecule has 1 N–H and O–H groups in total. The third-order valence-corrected chi connectivity index (χ3v) is 8.82. The number of halogens is 2. The Bertz CT molecular complexity index is 1450. The number of aryl methyl sites for hydroxylation is 1. The molecule has 41 heavy (non-hydrogen) atoms. The molecule has 2 amide bonds. The van der Waals surface area contributed by atoms with Crippen LogP contribution in [0.3, 0.4) is 0 Å². The van der Waals surface area contributed by atoms with Crippen LogP contribution in [0.15, 0.2) is 71.6 Å². The lowest BCUT2D eigenvalue weighted by Crippen LogP contribution is -2.51. The minimum absolute atomic E-state index is 0.00691. The first kappa shape index (κ1) is 32.2. The number of sulfonamides is 1. The largest absolute Gasteiger partial charge is 0.495 e. The number of anilines is 1. The fourth-order valence-electron chi connectivity index (χ4n) is 4.11. The molecule has 1 atom stereocenters. The summed E-state index contributed by atoms with van der Waals surface area (Å²) in [7, 11) is -2.86. The predicted molar refractivity (Wildman–Crippen MR) is 163 cm³/mol. The van der Waals surface area contributed by atoms with E-state index in [1.165, 1.54) is 36.3 Å². The van der Waals surface area contributed by atoms with Gasteiger partial charge in [-0.2, -0.15) is 0 Å². The second-order valence-electron chi connectivity index (χ2n) is 9.61. The first-order valence-electron chi connectivity index (χ1n) is 13.2. The van der Waals surface area contributed by atoms with Gasteiger partial charge in [0.1, 0.15) is 18.3 Å². The highest BCUT2D eigenvalue weighted by atomic mass is 35.5. The van der Waals surface area contributed by atoms with Crippen molar-refractivity contribution in [2.45, 2.75) is 51.1 Å². The van der Waals surface area contributed by atoms with E-state index in [4.69, 9.17) is 27.9 Å². The monoisotopic (exact) mass is 619 g/mol. The highest BCUT2D eigenvalue weighted by Gasteiger charge is 2.34. The Morgan fingerprint density at radius 2 is 1.61 bits per heavy atom. The van der Waals surface area contributed by atoms with E-state index < -0.39 is 28.5 Å². The van der Waals surface area contributed by atoms with Gasteiger partial charge in [0.15, 0.2) is 0 Å². The molecule has 0 aromatic heterocycles. The van der Waals surface area contributed by atoms with Crippen molar-refractivity contribution in [3.8, 4) is 5.75 Å². The first-order chi connectivity index (χ1) is 19.5. The van der Waals surface area contributed by atoms with Crippen molar-refractivity contribution < 1.29 is 22.7 Å². The van der Waals surface area contributed by atoms with Gasteiger partial charge in [0.2, 0.25) is 11.8 Å². The van der Waals surface area contributed by atoms with Gasteiger partial charge in [-0.25, -0.2) is 8.42 Å². The fourth-order valence-corrected chi connectivity index (χ4v) is 5.82. The van der Waals surface area contributed by atoms with Crippen LogP contribution in [-0.4, -0.2) is 51.4 Å². The molecule has 11 heteroatoms. The average molecular weight is 621 g/mol. The Hall–Kier alpha value is -3.27. The highest BCUT2D eigenvalue weighted by molar-refractivity contribution is 7.92. The smallest absolute Gasteiger partial charge is 0.264 e. The fraction of sp³-hybridized carbons (Fsp3) is 0.333. The molecule has 0 heterocycles. The molecule has 3 rings (SSSR count). The first-order valence-corrected chi connectivity index (χ1v) is 15.4. The third-order valence-electron chi connectivity index (χ3n) is 6.56. The van der Waals surface area contributed by atoms with Gasteiger partial charge in [0.05, 0.1) is 17.7 Å². The van der Waals surface area contributed by atoms with E-state index in [0.717, 1.165) is 28.3 Å². The van der Waals surface area contributed by atoms with Crippen LogP contribution in [0.25, 0.3) is 0 Å². The summed E-state index contributed by atoms with van der Waals surface area (Å²) in [5.74, 6) is -0.711. The van der Waals surface area contributed by atoms with Crippen LogP contribution in [0, 0.1) is 6.92 Å². The van der Waals surface area contributed by atoms with E-state index in [1.54, 1.807) is 49.4 Å². The summed E-state index contributed by atoms with van der Waals surface area (Å²) in [6.07, 6.45) is 1.69. The van der Waals surface area contributed by atoms with Gasteiger partial charge >= 0.3 is 0 Å². The average Bonchev–Trinajstić information content (AvgIpc) is 2.95. The van der Waals surface area contributed by atoms with Crippen LogP contribution in [0.2, 0.25) is 10.0 Å². The van der Waals surface area contributed by atoms with Crippen molar-refractivity contribution in [3.05, 3.63) is 87.9 Å². The van der Waals surface area contributed by atoms with Crippen molar-refractivity contribution in [1.29, 1.82) is 0 Å². The van der Waals surface area contributed by atoms with Gasteiger partial charge in [0.25, 0.3) is 10.0 Å². The Labute approximate surface area is 252 Å². The number of amides is 2. The molecule has 0 aliphatic carbocycles. The maximum atomic E-state index is 14.0. The van der Waals surface area contributed by atoms with Crippen molar-refractivity contribution in [1.82, 2.24) is 10.2 Å². The van der Waals surface area contributed by atoms with Gasteiger partial charge in [0, 0.05) is 23.1 Å². The maximum Gasteiger partial charge on any atom is 0.264 e. The second kappa shape index (κ2) is 14.6. The van der Waals surface area contributed by atoms with Gasteiger partial charge in [-0.15, -0.1) is 0 Å². The number of hydrogen-bond acceptors (Lipinski definition) is 5. The van der Waals surface area contributed by atoms with Crippen molar-refractivity contribution in [2.24, 2.45) is 0 Å². The van der Waals surface area contributed by atoms with E-state index in [9.17, 15) is 18.0 Å². The summed E-state index contributed by atoms with van der Waals surface area (Å²) < 4.78 is 34.5. The third kappa shape index (κ3) is 8.38. The Balaban J connectivity index is 2.06. The molecule has 220 valence electrons. The molecule has 0 unspecified atom stereocenters. The lowest BCUT2D eigenvalue weighted by Gasteiger charge is -2.32. The Kier molecular flexibility index (Phi) is 11.5. The molecule has 0 aliphatic rings. The van der Waals surface area contributed by atoms with E-state index >= 15 is 0 Å². The van der Waals surface area contributed by atoms with Crippen LogP contribution in [0.4, 0.5) is 5.69 Å². The molecule has 8 nitrogen and oxygen atoms in total. The van der Waals surface area contributed by atoms with Crippen molar-refractivity contribution >= 4 is 50.7 Å². The lowest BCUT2D eigenvalue weighted by atomic mass is 10.1. The molecule has 0 fully saturated rings. The number of carbonyl (C=O) groups is 2. The normalized spacial score (nSPS) is 12.0. The quantitative estimate of drug-likeness (QED) is 0.243. The molecule has 0 saturated carbocycles. The number of hydrogen-bond donors (Lipinski definition) is 1. The maximum absolute atomic E-state index is 14.0. The van der Waals surface area contributed by atoms with Crippen molar-refractivity contribution in [2.75, 3.05) is 24.5 Å². The van der Waals surface area contributed by atoms with Crippen LogP contribution in [-0.2, 0) is 26.2 Å². The van der Waals surface area contributed by atoms with Crippen LogP contribution >= 0.6 is 23.2 Å². The molecule has 3 aromatic rings. The molecule has 0 spiro atoms. The molecule has 0 saturated heterocycles. The minimum Gasteiger partial charge on any atom is -0.495 e. The summed E-state index contributed by atoms with van der Waals surface area (Å²) in [6, 6.07) is 16.9. The minimum atomic E-state index is -4.26. The second-order valence-corrected chi connectivity index (χ2v) is 12.3. The number of unbranched alkanes of at least 4 members (excludes halogenated alkanes) is 1.